The Morgan fingerprint density at radius 3 is 2.54 bits per heavy atom. The van der Waals surface area contributed by atoms with E-state index in [4.69, 9.17) is 14.2 Å². The zero-order valence-corrected chi connectivity index (χ0v) is 14.3. The van der Waals surface area contributed by atoms with Gasteiger partial charge in [-0.05, 0) is 31.5 Å². The molecule has 0 heterocycles. The third kappa shape index (κ3) is 5.27. The highest BCUT2D eigenvalue weighted by molar-refractivity contribution is 5.87. The van der Waals surface area contributed by atoms with Crippen LogP contribution >= 0.6 is 0 Å². The summed E-state index contributed by atoms with van der Waals surface area (Å²) in [5.41, 5.74) is -0.584. The maximum Gasteiger partial charge on any atom is 0.331 e. The quantitative estimate of drug-likeness (QED) is 0.712. The fraction of sp³-hybridized carbons (Fsp3) is 0.412. The molecule has 7 heteroatoms. The molecule has 0 bridgehead atoms. The van der Waals surface area contributed by atoms with Gasteiger partial charge in [0.2, 0.25) is 0 Å². The SMILES string of the molecule is C/C=C/c1ccc(OCC(=O)NC(C)(COC)C(=O)O)c(OC)c1. The summed E-state index contributed by atoms with van der Waals surface area (Å²) in [6, 6.07) is 5.29. The van der Waals surface area contributed by atoms with Gasteiger partial charge in [-0.25, -0.2) is 4.79 Å². The maximum absolute atomic E-state index is 12.0. The number of methoxy groups -OCH3 is 2. The lowest BCUT2D eigenvalue weighted by molar-refractivity contribution is -0.149. The van der Waals surface area contributed by atoms with Gasteiger partial charge in [0, 0.05) is 7.11 Å². The summed E-state index contributed by atoms with van der Waals surface area (Å²) in [7, 11) is 2.86. The predicted octanol–water partition coefficient (Wildman–Crippen LogP) is 1.71. The summed E-state index contributed by atoms with van der Waals surface area (Å²) in [5.74, 6) is -0.886. The Bertz CT molecular complexity index is 613. The molecule has 0 fully saturated rings. The van der Waals surface area contributed by atoms with Crippen molar-refractivity contribution in [3.8, 4) is 11.5 Å². The number of ether oxygens (including phenoxy) is 3. The topological polar surface area (TPSA) is 94.1 Å². The molecule has 24 heavy (non-hydrogen) atoms. The Hall–Kier alpha value is -2.54. The standard InChI is InChI=1S/C17H23NO6/c1-5-6-12-7-8-13(14(9-12)23-4)24-10-15(19)18-17(2,11-22-3)16(20)21/h5-9H,10-11H2,1-4H3,(H,18,19)(H,20,21)/b6-5+. The smallest absolute Gasteiger partial charge is 0.331 e. The van der Waals surface area contributed by atoms with Crippen LogP contribution in [0.3, 0.4) is 0 Å². The van der Waals surface area contributed by atoms with Gasteiger partial charge >= 0.3 is 5.97 Å². The zero-order chi connectivity index (χ0) is 18.2. The van der Waals surface area contributed by atoms with E-state index in [0.29, 0.717) is 11.5 Å². The average Bonchev–Trinajstić information content (AvgIpc) is 2.53. The first kappa shape index (κ1) is 19.5. The molecule has 132 valence electrons. The Morgan fingerprint density at radius 1 is 1.29 bits per heavy atom. The molecular weight excluding hydrogens is 314 g/mol. The molecule has 1 atom stereocenters. The summed E-state index contributed by atoms with van der Waals surface area (Å²) < 4.78 is 15.5. The fourth-order valence-corrected chi connectivity index (χ4v) is 2.03. The zero-order valence-electron chi connectivity index (χ0n) is 14.3. The number of nitrogens with one attached hydrogen (secondary N) is 1. The number of carbonyl (C=O) groups is 2. The third-order valence-corrected chi connectivity index (χ3v) is 3.23. The number of rotatable bonds is 9. The average molecular weight is 337 g/mol. The van der Waals surface area contributed by atoms with Gasteiger partial charge in [0.1, 0.15) is 0 Å². The van der Waals surface area contributed by atoms with Crippen LogP contribution in [0.2, 0.25) is 0 Å². The van der Waals surface area contributed by atoms with E-state index in [1.54, 1.807) is 12.1 Å². The lowest BCUT2D eigenvalue weighted by atomic mass is 10.0. The Labute approximate surface area is 141 Å². The van der Waals surface area contributed by atoms with Crippen molar-refractivity contribution < 1.29 is 28.9 Å². The Morgan fingerprint density at radius 2 is 2.00 bits per heavy atom. The number of carboxylic acids is 1. The summed E-state index contributed by atoms with van der Waals surface area (Å²) in [4.78, 5) is 23.2. The van der Waals surface area contributed by atoms with E-state index in [9.17, 15) is 14.7 Å². The molecule has 0 spiro atoms. The van der Waals surface area contributed by atoms with Crippen LogP contribution in [0.5, 0.6) is 11.5 Å². The molecular formula is C17H23NO6. The van der Waals surface area contributed by atoms with Crippen LogP contribution in [0.25, 0.3) is 6.08 Å². The summed E-state index contributed by atoms with van der Waals surface area (Å²) in [6.07, 6.45) is 3.80. The van der Waals surface area contributed by atoms with Crippen molar-refractivity contribution in [1.29, 1.82) is 0 Å². The highest BCUT2D eigenvalue weighted by Crippen LogP contribution is 2.28. The highest BCUT2D eigenvalue weighted by Gasteiger charge is 2.35. The largest absolute Gasteiger partial charge is 0.493 e. The fourth-order valence-electron chi connectivity index (χ4n) is 2.03. The van der Waals surface area contributed by atoms with Crippen LogP contribution in [-0.4, -0.2) is 50.0 Å². The maximum atomic E-state index is 12.0. The molecule has 0 aliphatic rings. The molecule has 1 rings (SSSR count). The molecule has 0 aliphatic carbocycles. The molecule has 0 radical (unpaired) electrons. The minimum absolute atomic E-state index is 0.157. The van der Waals surface area contributed by atoms with Gasteiger partial charge in [0.15, 0.2) is 23.6 Å². The van der Waals surface area contributed by atoms with E-state index in [1.165, 1.54) is 21.1 Å². The van der Waals surface area contributed by atoms with E-state index in [-0.39, 0.29) is 13.2 Å². The number of benzene rings is 1. The van der Waals surface area contributed by atoms with Crippen molar-refractivity contribution in [2.45, 2.75) is 19.4 Å². The van der Waals surface area contributed by atoms with Gasteiger partial charge in [-0.3, -0.25) is 4.79 Å². The second-order valence-corrected chi connectivity index (χ2v) is 5.32. The number of hydrogen-bond acceptors (Lipinski definition) is 5. The number of aliphatic carboxylic acids is 1. The second kappa shape index (κ2) is 8.93. The van der Waals surface area contributed by atoms with Gasteiger partial charge in [-0.1, -0.05) is 18.2 Å². The van der Waals surface area contributed by atoms with Crippen LogP contribution < -0.4 is 14.8 Å². The van der Waals surface area contributed by atoms with E-state index in [1.807, 2.05) is 25.1 Å². The first-order valence-corrected chi connectivity index (χ1v) is 7.33. The van der Waals surface area contributed by atoms with Crippen molar-refractivity contribution >= 4 is 18.0 Å². The summed E-state index contributed by atoms with van der Waals surface area (Å²) >= 11 is 0. The van der Waals surface area contributed by atoms with E-state index >= 15 is 0 Å². The summed E-state index contributed by atoms with van der Waals surface area (Å²) in [5, 5.41) is 11.6. The molecule has 0 saturated heterocycles. The van der Waals surface area contributed by atoms with Gasteiger partial charge in [-0.15, -0.1) is 0 Å². The van der Waals surface area contributed by atoms with Crippen LogP contribution in [0, 0.1) is 0 Å². The van der Waals surface area contributed by atoms with E-state index in [0.717, 1.165) is 5.56 Å². The molecule has 1 amide bonds. The molecule has 2 N–H and O–H groups in total. The molecule has 7 nitrogen and oxygen atoms in total. The molecule has 0 aliphatic heterocycles. The molecule has 1 aromatic rings. The first-order valence-electron chi connectivity index (χ1n) is 7.33. The normalized spacial score (nSPS) is 13.3. The lowest BCUT2D eigenvalue weighted by Crippen LogP contribution is -2.56. The van der Waals surface area contributed by atoms with Crippen molar-refractivity contribution in [2.24, 2.45) is 0 Å². The number of hydrogen-bond donors (Lipinski definition) is 2. The predicted molar refractivity (Wildman–Crippen MR) is 89.3 cm³/mol. The molecule has 1 unspecified atom stereocenters. The van der Waals surface area contributed by atoms with E-state index in [2.05, 4.69) is 5.32 Å². The van der Waals surface area contributed by atoms with Crippen LogP contribution in [0.4, 0.5) is 0 Å². The number of amides is 1. The van der Waals surface area contributed by atoms with E-state index < -0.39 is 17.4 Å². The molecule has 0 aromatic heterocycles. The third-order valence-electron chi connectivity index (χ3n) is 3.23. The summed E-state index contributed by atoms with van der Waals surface area (Å²) in [6.45, 7) is 2.77. The van der Waals surface area contributed by atoms with Gasteiger partial charge < -0.3 is 24.6 Å². The Kier molecular flexibility index (Phi) is 7.26. The van der Waals surface area contributed by atoms with Crippen molar-refractivity contribution in [1.82, 2.24) is 5.32 Å². The number of allylic oxidation sites excluding steroid dienone is 1. The van der Waals surface area contributed by atoms with Crippen LogP contribution in [-0.2, 0) is 14.3 Å². The van der Waals surface area contributed by atoms with Gasteiger partial charge in [-0.2, -0.15) is 0 Å². The molecule has 0 saturated carbocycles. The first-order chi connectivity index (χ1) is 11.4. The minimum atomic E-state index is -1.52. The van der Waals surface area contributed by atoms with Gasteiger partial charge in [0.05, 0.1) is 13.7 Å². The minimum Gasteiger partial charge on any atom is -0.493 e. The molecule has 1 aromatic carbocycles. The van der Waals surface area contributed by atoms with Crippen LogP contribution in [0.15, 0.2) is 24.3 Å². The Balaban J connectivity index is 2.75. The lowest BCUT2D eigenvalue weighted by Gasteiger charge is -2.25. The monoisotopic (exact) mass is 337 g/mol. The van der Waals surface area contributed by atoms with Crippen LogP contribution in [0.1, 0.15) is 19.4 Å². The highest BCUT2D eigenvalue weighted by atomic mass is 16.5. The van der Waals surface area contributed by atoms with Crippen molar-refractivity contribution in [3.63, 3.8) is 0 Å². The number of carboxylic acid groups (broad SMARTS) is 1. The van der Waals surface area contributed by atoms with Gasteiger partial charge in [0.25, 0.3) is 5.91 Å². The van der Waals surface area contributed by atoms with Crippen molar-refractivity contribution in [3.05, 3.63) is 29.8 Å². The van der Waals surface area contributed by atoms with Crippen molar-refractivity contribution in [2.75, 3.05) is 27.4 Å². The number of carbonyl (C=O) groups excluding carboxylic acids is 1. The second-order valence-electron chi connectivity index (χ2n) is 5.32.